The van der Waals surface area contributed by atoms with E-state index in [2.05, 4.69) is 34.1 Å². The predicted octanol–water partition coefficient (Wildman–Crippen LogP) is 1.85. The topological polar surface area (TPSA) is 49.6 Å². The summed E-state index contributed by atoms with van der Waals surface area (Å²) in [5, 5.41) is 0. The van der Waals surface area contributed by atoms with Crippen LogP contribution in [0.15, 0.2) is 30.3 Å². The van der Waals surface area contributed by atoms with Gasteiger partial charge in [-0.15, -0.1) is 0 Å². The monoisotopic (exact) mass is 301 g/mol. The lowest BCUT2D eigenvalue weighted by Gasteiger charge is -2.39. The predicted molar refractivity (Wildman–Crippen MR) is 88.3 cm³/mol. The number of nitrogens with zero attached hydrogens (tertiary/aromatic N) is 2. The molecule has 22 heavy (non-hydrogen) atoms. The molecule has 1 amide bonds. The number of nitrogens with two attached hydrogens (primary N) is 1. The van der Waals surface area contributed by atoms with Crippen LogP contribution in [0, 0.1) is 5.41 Å². The maximum atomic E-state index is 12.8. The molecular weight excluding hydrogens is 274 g/mol. The molecule has 4 heteroatoms. The Kier molecular flexibility index (Phi) is 4.79. The number of benzene rings is 1. The fraction of sp³-hybridized carbons (Fsp3) is 0.611. The average molecular weight is 301 g/mol. The summed E-state index contributed by atoms with van der Waals surface area (Å²) in [6, 6.07) is 10.5. The highest BCUT2D eigenvalue weighted by Crippen LogP contribution is 2.39. The Hall–Kier alpha value is -1.39. The summed E-state index contributed by atoms with van der Waals surface area (Å²) in [7, 11) is 0. The molecule has 1 aromatic carbocycles. The fourth-order valence-electron chi connectivity index (χ4n) is 3.84. The van der Waals surface area contributed by atoms with Crippen molar-refractivity contribution in [1.29, 1.82) is 0 Å². The lowest BCUT2D eigenvalue weighted by Crippen LogP contribution is -2.54. The molecule has 4 nitrogen and oxygen atoms in total. The third-order valence-electron chi connectivity index (χ3n) is 5.31. The molecule has 2 aliphatic rings. The number of carbonyl (C=O) groups is 1. The first kappa shape index (κ1) is 15.5. The van der Waals surface area contributed by atoms with Gasteiger partial charge in [0.15, 0.2) is 0 Å². The van der Waals surface area contributed by atoms with Gasteiger partial charge < -0.3 is 10.6 Å². The van der Waals surface area contributed by atoms with E-state index < -0.39 is 0 Å². The molecule has 2 N–H and O–H groups in total. The third kappa shape index (κ3) is 3.18. The van der Waals surface area contributed by atoms with Crippen LogP contribution in [0.25, 0.3) is 0 Å². The second-order valence-corrected chi connectivity index (χ2v) is 6.75. The largest absolute Gasteiger partial charge is 0.340 e. The molecule has 0 bridgehead atoms. The summed E-state index contributed by atoms with van der Waals surface area (Å²) in [5.74, 6) is 0.312. The molecule has 1 heterocycles. The van der Waals surface area contributed by atoms with E-state index in [0.717, 1.165) is 58.4 Å². The molecule has 1 aliphatic carbocycles. The minimum Gasteiger partial charge on any atom is -0.340 e. The summed E-state index contributed by atoms with van der Waals surface area (Å²) in [6.07, 6.45) is 4.26. The van der Waals surface area contributed by atoms with Crippen molar-refractivity contribution in [3.05, 3.63) is 35.9 Å². The zero-order valence-corrected chi connectivity index (χ0v) is 13.3. The highest BCUT2D eigenvalue weighted by molar-refractivity contribution is 5.83. The third-order valence-corrected chi connectivity index (χ3v) is 5.31. The minimum absolute atomic E-state index is 0.248. The zero-order valence-electron chi connectivity index (χ0n) is 13.3. The summed E-state index contributed by atoms with van der Waals surface area (Å²) in [6.45, 7) is 5.09. The standard InChI is InChI=1S/C18H27N3O/c19-15-18(8-4-5-9-18)17(22)21-12-10-20(11-13-21)14-16-6-2-1-3-7-16/h1-3,6-7H,4-5,8-15,19H2. The van der Waals surface area contributed by atoms with Crippen LogP contribution in [0.3, 0.4) is 0 Å². The number of amides is 1. The highest BCUT2D eigenvalue weighted by Gasteiger charge is 2.42. The van der Waals surface area contributed by atoms with E-state index in [0.29, 0.717) is 12.5 Å². The van der Waals surface area contributed by atoms with Gasteiger partial charge in [-0.25, -0.2) is 0 Å². The molecular formula is C18H27N3O. The molecule has 120 valence electrons. The Labute approximate surface area is 133 Å². The lowest BCUT2D eigenvalue weighted by atomic mass is 9.84. The van der Waals surface area contributed by atoms with Crippen LogP contribution in [0.4, 0.5) is 0 Å². The van der Waals surface area contributed by atoms with E-state index in [1.54, 1.807) is 0 Å². The van der Waals surface area contributed by atoms with Crippen molar-refractivity contribution in [2.75, 3.05) is 32.7 Å². The number of carbonyl (C=O) groups excluding carboxylic acids is 1. The van der Waals surface area contributed by atoms with Crippen LogP contribution in [-0.4, -0.2) is 48.4 Å². The van der Waals surface area contributed by atoms with E-state index >= 15 is 0 Å². The van der Waals surface area contributed by atoms with E-state index in [9.17, 15) is 4.79 Å². The second kappa shape index (κ2) is 6.80. The van der Waals surface area contributed by atoms with Gasteiger partial charge in [-0.05, 0) is 18.4 Å². The Bertz CT molecular complexity index is 488. The first-order valence-corrected chi connectivity index (χ1v) is 8.49. The van der Waals surface area contributed by atoms with Gasteiger partial charge in [0.2, 0.25) is 5.91 Å². The number of hydrogen-bond acceptors (Lipinski definition) is 3. The molecule has 0 unspecified atom stereocenters. The first-order valence-electron chi connectivity index (χ1n) is 8.49. The maximum Gasteiger partial charge on any atom is 0.230 e. The van der Waals surface area contributed by atoms with Gasteiger partial charge in [-0.2, -0.15) is 0 Å². The summed E-state index contributed by atoms with van der Waals surface area (Å²) < 4.78 is 0. The zero-order chi connectivity index (χ0) is 15.4. The van der Waals surface area contributed by atoms with Crippen molar-refractivity contribution < 1.29 is 4.79 Å². The van der Waals surface area contributed by atoms with Crippen LogP contribution >= 0.6 is 0 Å². The van der Waals surface area contributed by atoms with Crippen molar-refractivity contribution in [3.63, 3.8) is 0 Å². The Morgan fingerprint density at radius 2 is 1.68 bits per heavy atom. The Morgan fingerprint density at radius 1 is 1.05 bits per heavy atom. The summed E-state index contributed by atoms with van der Waals surface area (Å²) in [5.41, 5.74) is 7.04. The molecule has 3 rings (SSSR count). The van der Waals surface area contributed by atoms with Gasteiger partial charge in [-0.1, -0.05) is 43.2 Å². The van der Waals surface area contributed by atoms with Gasteiger partial charge >= 0.3 is 0 Å². The van der Waals surface area contributed by atoms with Crippen LogP contribution in [0.1, 0.15) is 31.2 Å². The first-order chi connectivity index (χ1) is 10.7. The summed E-state index contributed by atoms with van der Waals surface area (Å²) >= 11 is 0. The highest BCUT2D eigenvalue weighted by atomic mass is 16.2. The fourth-order valence-corrected chi connectivity index (χ4v) is 3.84. The number of piperazine rings is 1. The molecule has 1 saturated carbocycles. The van der Waals surface area contributed by atoms with E-state index in [4.69, 9.17) is 5.73 Å². The van der Waals surface area contributed by atoms with Crippen LogP contribution in [0.5, 0.6) is 0 Å². The maximum absolute atomic E-state index is 12.8. The lowest BCUT2D eigenvalue weighted by molar-refractivity contribution is -0.143. The average Bonchev–Trinajstić information content (AvgIpc) is 3.06. The molecule has 0 atom stereocenters. The van der Waals surface area contributed by atoms with Gasteiger partial charge in [0, 0.05) is 39.3 Å². The van der Waals surface area contributed by atoms with Crippen molar-refractivity contribution in [2.24, 2.45) is 11.1 Å². The molecule has 1 aromatic rings. The molecule has 2 fully saturated rings. The van der Waals surface area contributed by atoms with Crippen molar-refractivity contribution in [2.45, 2.75) is 32.2 Å². The minimum atomic E-state index is -0.248. The number of hydrogen-bond donors (Lipinski definition) is 1. The molecule has 1 saturated heterocycles. The molecule has 0 radical (unpaired) electrons. The van der Waals surface area contributed by atoms with Crippen LogP contribution in [-0.2, 0) is 11.3 Å². The van der Waals surface area contributed by atoms with Gasteiger partial charge in [0.05, 0.1) is 5.41 Å². The van der Waals surface area contributed by atoms with E-state index in [-0.39, 0.29) is 5.41 Å². The quantitative estimate of drug-likeness (QED) is 0.923. The van der Waals surface area contributed by atoms with Gasteiger partial charge in [0.1, 0.15) is 0 Å². The molecule has 0 aromatic heterocycles. The van der Waals surface area contributed by atoms with Crippen molar-refractivity contribution in [3.8, 4) is 0 Å². The van der Waals surface area contributed by atoms with E-state index in [1.807, 2.05) is 6.07 Å². The normalized spacial score (nSPS) is 22.0. The smallest absolute Gasteiger partial charge is 0.230 e. The van der Waals surface area contributed by atoms with Crippen LogP contribution in [0.2, 0.25) is 0 Å². The Morgan fingerprint density at radius 3 is 2.27 bits per heavy atom. The van der Waals surface area contributed by atoms with Crippen LogP contribution < -0.4 is 5.73 Å². The van der Waals surface area contributed by atoms with Crippen molar-refractivity contribution in [1.82, 2.24) is 9.80 Å². The summed E-state index contributed by atoms with van der Waals surface area (Å²) in [4.78, 5) is 17.3. The van der Waals surface area contributed by atoms with Crippen molar-refractivity contribution >= 4 is 5.91 Å². The van der Waals surface area contributed by atoms with E-state index in [1.165, 1.54) is 5.56 Å². The SMILES string of the molecule is NCC1(C(=O)N2CCN(Cc3ccccc3)CC2)CCCC1. The molecule has 0 spiro atoms. The molecule has 1 aliphatic heterocycles. The number of rotatable bonds is 4. The van der Waals surface area contributed by atoms with Gasteiger partial charge in [-0.3, -0.25) is 9.69 Å². The second-order valence-electron chi connectivity index (χ2n) is 6.75. The Balaban J connectivity index is 1.54. The van der Waals surface area contributed by atoms with Gasteiger partial charge in [0.25, 0.3) is 0 Å².